The van der Waals surface area contributed by atoms with Crippen LogP contribution < -0.4 is 16.2 Å². The van der Waals surface area contributed by atoms with E-state index in [4.69, 9.17) is 30.5 Å². The smallest absolute Gasteiger partial charge is 0.490 e. The van der Waals surface area contributed by atoms with E-state index in [0.29, 0.717) is 36.8 Å². The number of hydrogen-bond acceptors (Lipinski definition) is 8. The predicted molar refractivity (Wildman–Crippen MR) is 145 cm³/mol. The zero-order valence-electron chi connectivity index (χ0n) is 22.6. The number of halogens is 3. The lowest BCUT2D eigenvalue weighted by molar-refractivity contribution is -0.192. The van der Waals surface area contributed by atoms with Crippen LogP contribution in [-0.2, 0) is 22.6 Å². The van der Waals surface area contributed by atoms with Crippen LogP contribution in [0.1, 0.15) is 40.9 Å². The number of benzene rings is 2. The van der Waals surface area contributed by atoms with Crippen molar-refractivity contribution in [2.45, 2.75) is 32.0 Å². The van der Waals surface area contributed by atoms with Gasteiger partial charge < -0.3 is 20.3 Å². The van der Waals surface area contributed by atoms with Gasteiger partial charge in [0.1, 0.15) is 17.4 Å². The van der Waals surface area contributed by atoms with Gasteiger partial charge in [0.25, 0.3) is 5.95 Å². The number of rotatable bonds is 10. The number of nitrogens with one attached hydrogen (secondary N) is 2. The molecule has 4 aromatic rings. The highest BCUT2D eigenvalue weighted by molar-refractivity contribution is 5.94. The summed E-state index contributed by atoms with van der Waals surface area (Å²) < 4.78 is 44.0. The molecule has 0 bridgehead atoms. The molecule has 12 nitrogen and oxygen atoms in total. The average molecular weight is 588 g/mol. The van der Waals surface area contributed by atoms with Crippen molar-refractivity contribution >= 4 is 11.8 Å². The van der Waals surface area contributed by atoms with Crippen LogP contribution >= 0.6 is 0 Å². The van der Waals surface area contributed by atoms with E-state index < -0.39 is 17.8 Å². The third-order valence-corrected chi connectivity index (χ3v) is 5.67. The summed E-state index contributed by atoms with van der Waals surface area (Å²) in [6.07, 6.45) is -1.44. The number of nitrogens with two attached hydrogens (primary N) is 1. The first kappa shape index (κ1) is 31.5. The number of aliphatic carboxylic acids is 1. The lowest BCUT2D eigenvalue weighted by Crippen LogP contribution is -2.21. The Labute approximate surface area is 237 Å². The number of methoxy groups -OCH3 is 1. The molecule has 0 spiro atoms. The number of alkyl halides is 3. The average Bonchev–Trinajstić information content (AvgIpc) is 3.33. The van der Waals surface area contributed by atoms with Crippen molar-refractivity contribution in [2.75, 3.05) is 13.7 Å². The van der Waals surface area contributed by atoms with Crippen LogP contribution in [0, 0.1) is 5.41 Å². The Morgan fingerprint density at radius 2 is 1.79 bits per heavy atom. The Morgan fingerprint density at radius 1 is 1.14 bits per heavy atom. The fraction of sp³-hybridized carbons (Fsp3) is 0.259. The molecule has 2 aromatic carbocycles. The molecule has 1 atom stereocenters. The molecule has 4 rings (SSSR count). The Balaban J connectivity index is 0.000000616. The lowest BCUT2D eigenvalue weighted by Gasteiger charge is -2.18. The number of ether oxygens (including phenoxy) is 2. The maximum Gasteiger partial charge on any atom is 0.490 e. The standard InChI is InChI=1S/C25H27N7O3.C2HF3O2/c1-3-35-20-12-17(15-34-2)11-19(14-20)21(13-16-5-7-18(8-6-16)22(26)27)23-30-25(33)32(31-23)24-28-9-4-10-29-24;3-2(4,5)1(6)7/h4-12,14,21H,3,13,15H2,1-2H3,(H3,26,27)(H,30,31,33);(H,6,7). The molecule has 15 heteroatoms. The molecule has 0 aliphatic carbocycles. The Morgan fingerprint density at radius 3 is 2.33 bits per heavy atom. The fourth-order valence-corrected chi connectivity index (χ4v) is 3.85. The van der Waals surface area contributed by atoms with E-state index in [1.54, 1.807) is 37.7 Å². The Hall–Kier alpha value is -5.05. The Kier molecular flexibility index (Phi) is 10.5. The van der Waals surface area contributed by atoms with E-state index in [-0.39, 0.29) is 17.7 Å². The number of nitrogen functional groups attached to an aromatic ring is 1. The van der Waals surface area contributed by atoms with Crippen LogP contribution in [0.3, 0.4) is 0 Å². The van der Waals surface area contributed by atoms with Gasteiger partial charge in [-0.1, -0.05) is 30.3 Å². The largest absolute Gasteiger partial charge is 0.494 e. The summed E-state index contributed by atoms with van der Waals surface area (Å²) in [5.41, 5.74) is 8.66. The van der Waals surface area contributed by atoms with Crippen molar-refractivity contribution in [3.63, 3.8) is 0 Å². The van der Waals surface area contributed by atoms with Crippen molar-refractivity contribution in [3.05, 3.63) is 99.5 Å². The normalized spacial score (nSPS) is 11.7. The molecule has 2 aromatic heterocycles. The summed E-state index contributed by atoms with van der Waals surface area (Å²) in [4.78, 5) is 32.8. The van der Waals surface area contributed by atoms with Gasteiger partial charge in [0.15, 0.2) is 0 Å². The molecule has 0 amide bonds. The molecule has 1 unspecified atom stereocenters. The van der Waals surface area contributed by atoms with Crippen LogP contribution in [0.25, 0.3) is 5.95 Å². The molecule has 0 saturated heterocycles. The van der Waals surface area contributed by atoms with E-state index in [2.05, 4.69) is 20.1 Å². The highest BCUT2D eigenvalue weighted by Crippen LogP contribution is 2.30. The van der Waals surface area contributed by atoms with Crippen molar-refractivity contribution in [1.29, 1.82) is 5.41 Å². The minimum atomic E-state index is -5.08. The third kappa shape index (κ3) is 8.47. The molecule has 42 heavy (non-hydrogen) atoms. The number of H-pyrrole nitrogens is 1. The minimum Gasteiger partial charge on any atom is -0.494 e. The zero-order valence-corrected chi connectivity index (χ0v) is 22.6. The molecule has 2 heterocycles. The van der Waals surface area contributed by atoms with E-state index in [1.807, 2.05) is 37.3 Å². The highest BCUT2D eigenvalue weighted by atomic mass is 19.4. The lowest BCUT2D eigenvalue weighted by atomic mass is 9.89. The van der Waals surface area contributed by atoms with Gasteiger partial charge in [-0.3, -0.25) is 10.4 Å². The second-order valence-corrected chi connectivity index (χ2v) is 8.72. The maximum absolute atomic E-state index is 12.8. The number of hydrogen-bond donors (Lipinski definition) is 4. The number of nitrogens with zero attached hydrogens (tertiary/aromatic N) is 4. The molecule has 0 fully saturated rings. The van der Waals surface area contributed by atoms with Crippen LogP contribution in [-0.4, -0.2) is 61.5 Å². The van der Waals surface area contributed by atoms with E-state index >= 15 is 0 Å². The van der Waals surface area contributed by atoms with Crippen molar-refractivity contribution < 1.29 is 32.5 Å². The van der Waals surface area contributed by atoms with Crippen LogP contribution in [0.15, 0.2) is 65.7 Å². The van der Waals surface area contributed by atoms with Crippen molar-refractivity contribution in [3.8, 4) is 11.7 Å². The number of amidine groups is 1. The summed E-state index contributed by atoms with van der Waals surface area (Å²) >= 11 is 0. The number of carbonyl (C=O) groups is 1. The SMILES string of the molecule is CCOc1cc(COC)cc(C(Cc2ccc(C(=N)N)cc2)c2nn(-c3ncccn3)c(=O)[nH]2)c1.O=C(O)C(F)(F)F. The highest BCUT2D eigenvalue weighted by Gasteiger charge is 2.38. The second-order valence-electron chi connectivity index (χ2n) is 8.72. The molecule has 0 radical (unpaired) electrons. The zero-order chi connectivity index (χ0) is 30.9. The molecule has 0 aliphatic heterocycles. The molecular weight excluding hydrogens is 559 g/mol. The van der Waals surface area contributed by atoms with Gasteiger partial charge in [-0.2, -0.15) is 13.2 Å². The summed E-state index contributed by atoms with van der Waals surface area (Å²) in [6.45, 7) is 2.86. The molecular formula is C27H28F3N7O5. The minimum absolute atomic E-state index is 0.00709. The molecule has 0 aliphatic rings. The Bertz CT molecular complexity index is 1530. The third-order valence-electron chi connectivity index (χ3n) is 5.67. The maximum atomic E-state index is 12.8. The number of aromatic amines is 1. The first-order valence-corrected chi connectivity index (χ1v) is 12.4. The first-order valence-electron chi connectivity index (χ1n) is 12.4. The van der Waals surface area contributed by atoms with E-state index in [0.717, 1.165) is 21.4 Å². The molecule has 222 valence electrons. The van der Waals surface area contributed by atoms with Crippen molar-refractivity contribution in [2.24, 2.45) is 5.73 Å². The number of carboxylic acid groups (broad SMARTS) is 1. The summed E-state index contributed by atoms with van der Waals surface area (Å²) in [5, 5.41) is 19.3. The van der Waals surface area contributed by atoms with Crippen molar-refractivity contribution in [1.82, 2.24) is 24.7 Å². The van der Waals surface area contributed by atoms with Gasteiger partial charge in [-0.15, -0.1) is 9.78 Å². The monoisotopic (exact) mass is 587 g/mol. The topological polar surface area (TPSA) is 182 Å². The van der Waals surface area contributed by atoms with Gasteiger partial charge in [-0.05, 0) is 48.2 Å². The second kappa shape index (κ2) is 14.0. The fourth-order valence-electron chi connectivity index (χ4n) is 3.85. The van der Waals surface area contributed by atoms with Gasteiger partial charge >= 0.3 is 17.8 Å². The van der Waals surface area contributed by atoms with Crippen LogP contribution in [0.5, 0.6) is 5.75 Å². The number of aromatic nitrogens is 5. The summed E-state index contributed by atoms with van der Waals surface area (Å²) in [7, 11) is 1.64. The summed E-state index contributed by atoms with van der Waals surface area (Å²) in [5.74, 6) is -1.70. The quantitative estimate of drug-likeness (QED) is 0.160. The van der Waals surface area contributed by atoms with Gasteiger partial charge in [0, 0.05) is 31.0 Å². The van der Waals surface area contributed by atoms with Gasteiger partial charge in [-0.25, -0.2) is 19.6 Å². The van der Waals surface area contributed by atoms with Gasteiger partial charge in [0.05, 0.1) is 13.2 Å². The molecule has 0 saturated carbocycles. The molecule has 5 N–H and O–H groups in total. The van der Waals surface area contributed by atoms with E-state index in [9.17, 15) is 18.0 Å². The van der Waals surface area contributed by atoms with Crippen LogP contribution in [0.4, 0.5) is 13.2 Å². The predicted octanol–water partition coefficient (Wildman–Crippen LogP) is 3.19. The van der Waals surface area contributed by atoms with Gasteiger partial charge in [0.2, 0.25) is 0 Å². The first-order chi connectivity index (χ1) is 19.9. The van der Waals surface area contributed by atoms with Crippen LogP contribution in [0.2, 0.25) is 0 Å². The number of carboxylic acids is 1. The summed E-state index contributed by atoms with van der Waals surface area (Å²) in [6, 6.07) is 15.0. The van der Waals surface area contributed by atoms with E-state index in [1.165, 1.54) is 0 Å².